The van der Waals surface area contributed by atoms with Gasteiger partial charge in [0.1, 0.15) is 0 Å². The van der Waals surface area contributed by atoms with Crippen LogP contribution < -0.4 is 5.32 Å². The lowest BCUT2D eigenvalue weighted by Gasteiger charge is -2.40. The maximum Gasteiger partial charge on any atom is 0.0220 e. The van der Waals surface area contributed by atoms with Crippen molar-refractivity contribution in [2.24, 2.45) is 5.92 Å². The van der Waals surface area contributed by atoms with Gasteiger partial charge in [0.05, 0.1) is 0 Å². The van der Waals surface area contributed by atoms with Crippen molar-refractivity contribution in [1.82, 2.24) is 10.2 Å². The Morgan fingerprint density at radius 1 is 1.18 bits per heavy atom. The lowest BCUT2D eigenvalue weighted by Crippen LogP contribution is -2.51. The molecule has 1 rings (SSSR count). The topological polar surface area (TPSA) is 15.3 Å². The average Bonchev–Trinajstić information content (AvgIpc) is 2.35. The summed E-state index contributed by atoms with van der Waals surface area (Å²) in [6.07, 6.45) is 6.84. The first-order valence-electron chi connectivity index (χ1n) is 7.55. The van der Waals surface area contributed by atoms with E-state index in [2.05, 4.69) is 45.0 Å². The first kappa shape index (κ1) is 15.0. The average molecular weight is 240 g/mol. The van der Waals surface area contributed by atoms with Gasteiger partial charge < -0.3 is 5.32 Å². The molecule has 0 radical (unpaired) electrons. The van der Waals surface area contributed by atoms with Gasteiger partial charge in [-0.25, -0.2) is 0 Å². The van der Waals surface area contributed by atoms with Crippen LogP contribution in [-0.4, -0.2) is 36.6 Å². The molecule has 0 spiro atoms. The van der Waals surface area contributed by atoms with Crippen LogP contribution in [0.1, 0.15) is 59.8 Å². The second-order valence-electron chi connectivity index (χ2n) is 5.89. The molecule has 0 amide bonds. The summed E-state index contributed by atoms with van der Waals surface area (Å²) in [5.74, 6) is 0.950. The van der Waals surface area contributed by atoms with Gasteiger partial charge in [-0.2, -0.15) is 0 Å². The predicted octanol–water partition coefficient (Wildman–Crippen LogP) is 3.27. The van der Waals surface area contributed by atoms with Crippen LogP contribution in [0.25, 0.3) is 0 Å². The van der Waals surface area contributed by atoms with Crippen LogP contribution in [0.5, 0.6) is 0 Å². The Labute approximate surface area is 108 Å². The van der Waals surface area contributed by atoms with E-state index in [0.717, 1.165) is 18.5 Å². The van der Waals surface area contributed by atoms with Gasteiger partial charge in [-0.1, -0.05) is 20.8 Å². The number of rotatable bonds is 6. The van der Waals surface area contributed by atoms with E-state index in [1.807, 2.05) is 0 Å². The van der Waals surface area contributed by atoms with E-state index in [0.29, 0.717) is 12.1 Å². The molecule has 1 N–H and O–H groups in total. The molecule has 0 aromatic heterocycles. The molecular weight excluding hydrogens is 208 g/mol. The van der Waals surface area contributed by atoms with Gasteiger partial charge in [-0.15, -0.1) is 0 Å². The summed E-state index contributed by atoms with van der Waals surface area (Å²) in [4.78, 5) is 2.63. The largest absolute Gasteiger partial charge is 0.313 e. The standard InChI is InChI=1S/C15H32N2/c1-6-15(16-7-2)13(4)17(5)14-10-8-12(3)9-11-14/h12-16H,6-11H2,1-5H3. The second-order valence-corrected chi connectivity index (χ2v) is 5.89. The zero-order valence-corrected chi connectivity index (χ0v) is 12.5. The molecule has 1 aliphatic rings. The number of nitrogens with one attached hydrogen (secondary N) is 1. The van der Waals surface area contributed by atoms with Gasteiger partial charge >= 0.3 is 0 Å². The zero-order valence-electron chi connectivity index (χ0n) is 12.5. The monoisotopic (exact) mass is 240 g/mol. The Morgan fingerprint density at radius 2 is 1.76 bits per heavy atom. The highest BCUT2D eigenvalue weighted by molar-refractivity contribution is 4.85. The van der Waals surface area contributed by atoms with Crippen molar-refractivity contribution in [1.29, 1.82) is 0 Å². The molecule has 1 fully saturated rings. The van der Waals surface area contributed by atoms with E-state index in [4.69, 9.17) is 0 Å². The molecule has 1 aliphatic carbocycles. The van der Waals surface area contributed by atoms with Crippen molar-refractivity contribution in [3.63, 3.8) is 0 Å². The van der Waals surface area contributed by atoms with E-state index >= 15 is 0 Å². The fourth-order valence-corrected chi connectivity index (χ4v) is 3.18. The van der Waals surface area contributed by atoms with Crippen molar-refractivity contribution in [2.75, 3.05) is 13.6 Å². The fourth-order valence-electron chi connectivity index (χ4n) is 3.18. The molecule has 2 unspecified atom stereocenters. The van der Waals surface area contributed by atoms with Crippen molar-refractivity contribution in [3.8, 4) is 0 Å². The Hall–Kier alpha value is -0.0800. The summed E-state index contributed by atoms with van der Waals surface area (Å²) >= 11 is 0. The van der Waals surface area contributed by atoms with Crippen molar-refractivity contribution in [2.45, 2.75) is 77.9 Å². The Balaban J connectivity index is 2.46. The Bertz CT molecular complexity index is 197. The normalized spacial score (nSPS) is 29.3. The number of nitrogens with zero attached hydrogens (tertiary/aromatic N) is 1. The van der Waals surface area contributed by atoms with Gasteiger partial charge in [-0.05, 0) is 58.5 Å². The zero-order chi connectivity index (χ0) is 12.8. The highest BCUT2D eigenvalue weighted by Crippen LogP contribution is 2.28. The minimum Gasteiger partial charge on any atom is -0.313 e. The van der Waals surface area contributed by atoms with Crippen LogP contribution in [0, 0.1) is 5.92 Å². The molecule has 0 heterocycles. The van der Waals surface area contributed by atoms with Gasteiger partial charge in [0.15, 0.2) is 0 Å². The molecule has 0 aromatic rings. The smallest absolute Gasteiger partial charge is 0.0220 e. The third-order valence-corrected chi connectivity index (χ3v) is 4.69. The van der Waals surface area contributed by atoms with Crippen LogP contribution in [0.2, 0.25) is 0 Å². The van der Waals surface area contributed by atoms with Crippen LogP contribution in [0.3, 0.4) is 0 Å². The number of likely N-dealkylation sites (N-methyl/N-ethyl adjacent to an activating group) is 2. The summed E-state index contributed by atoms with van der Waals surface area (Å²) in [6, 6.07) is 2.11. The molecule has 2 heteroatoms. The second kappa shape index (κ2) is 7.38. The summed E-state index contributed by atoms with van der Waals surface area (Å²) in [5, 5.41) is 3.62. The third kappa shape index (κ3) is 4.26. The number of hydrogen-bond donors (Lipinski definition) is 1. The van der Waals surface area contributed by atoms with E-state index in [9.17, 15) is 0 Å². The molecule has 0 aliphatic heterocycles. The van der Waals surface area contributed by atoms with E-state index in [1.54, 1.807) is 0 Å². The highest BCUT2D eigenvalue weighted by Gasteiger charge is 2.27. The molecule has 0 bridgehead atoms. The first-order valence-corrected chi connectivity index (χ1v) is 7.55. The quantitative estimate of drug-likeness (QED) is 0.766. The molecule has 1 saturated carbocycles. The van der Waals surface area contributed by atoms with Crippen LogP contribution >= 0.6 is 0 Å². The SMILES string of the molecule is CCNC(CC)C(C)N(C)C1CCC(C)CC1. The van der Waals surface area contributed by atoms with Crippen molar-refractivity contribution in [3.05, 3.63) is 0 Å². The minimum absolute atomic E-state index is 0.643. The first-order chi connectivity index (χ1) is 8.10. The van der Waals surface area contributed by atoms with Crippen LogP contribution in [-0.2, 0) is 0 Å². The minimum atomic E-state index is 0.643. The molecule has 2 atom stereocenters. The third-order valence-electron chi connectivity index (χ3n) is 4.69. The van der Waals surface area contributed by atoms with E-state index < -0.39 is 0 Å². The van der Waals surface area contributed by atoms with Crippen molar-refractivity contribution < 1.29 is 0 Å². The molecule has 2 nitrogen and oxygen atoms in total. The molecule has 0 aromatic carbocycles. The van der Waals surface area contributed by atoms with E-state index in [-0.39, 0.29) is 0 Å². The lowest BCUT2D eigenvalue weighted by molar-refractivity contribution is 0.108. The van der Waals surface area contributed by atoms with Gasteiger partial charge in [0.25, 0.3) is 0 Å². The summed E-state index contributed by atoms with van der Waals surface area (Å²) in [7, 11) is 2.32. The maximum absolute atomic E-state index is 3.62. The number of hydrogen-bond acceptors (Lipinski definition) is 2. The van der Waals surface area contributed by atoms with Crippen molar-refractivity contribution >= 4 is 0 Å². The summed E-state index contributed by atoms with van der Waals surface area (Å²) in [5.41, 5.74) is 0. The summed E-state index contributed by atoms with van der Waals surface area (Å²) < 4.78 is 0. The maximum atomic E-state index is 3.62. The molecule has 17 heavy (non-hydrogen) atoms. The van der Waals surface area contributed by atoms with Gasteiger partial charge in [-0.3, -0.25) is 4.90 Å². The molecular formula is C15H32N2. The Morgan fingerprint density at radius 3 is 2.24 bits per heavy atom. The van der Waals surface area contributed by atoms with Gasteiger partial charge in [0.2, 0.25) is 0 Å². The molecule has 102 valence electrons. The van der Waals surface area contributed by atoms with E-state index in [1.165, 1.54) is 32.1 Å². The van der Waals surface area contributed by atoms with Crippen LogP contribution in [0.15, 0.2) is 0 Å². The van der Waals surface area contributed by atoms with Gasteiger partial charge in [0, 0.05) is 18.1 Å². The highest BCUT2D eigenvalue weighted by atomic mass is 15.2. The fraction of sp³-hybridized carbons (Fsp3) is 1.00. The predicted molar refractivity (Wildman–Crippen MR) is 76.4 cm³/mol. The molecule has 0 saturated heterocycles. The van der Waals surface area contributed by atoms with Crippen LogP contribution in [0.4, 0.5) is 0 Å². The lowest BCUT2D eigenvalue weighted by atomic mass is 9.86. The Kier molecular flexibility index (Phi) is 6.50. The summed E-state index contributed by atoms with van der Waals surface area (Å²) in [6.45, 7) is 10.4.